The van der Waals surface area contributed by atoms with E-state index < -0.39 is 0 Å². The van der Waals surface area contributed by atoms with Crippen molar-refractivity contribution in [3.63, 3.8) is 0 Å². The standard InChI is InChI=1S/C16H33NO3/c1-12(2)13(11-19)16(5,6)15(3,4)8-9-17-14(20)7-10-18/h12-13,18-19H,7-11H2,1-6H3,(H,17,20). The third-order valence-electron chi connectivity index (χ3n) is 5.08. The van der Waals surface area contributed by atoms with Gasteiger partial charge in [-0.25, -0.2) is 0 Å². The average molecular weight is 287 g/mol. The number of carbonyl (C=O) groups excluding carboxylic acids is 1. The lowest BCUT2D eigenvalue weighted by Gasteiger charge is -2.48. The molecule has 0 aromatic heterocycles. The van der Waals surface area contributed by atoms with Gasteiger partial charge in [0, 0.05) is 19.6 Å². The highest BCUT2D eigenvalue weighted by atomic mass is 16.3. The molecule has 0 spiro atoms. The van der Waals surface area contributed by atoms with E-state index >= 15 is 0 Å². The molecule has 0 bridgehead atoms. The molecule has 120 valence electrons. The van der Waals surface area contributed by atoms with Crippen molar-refractivity contribution < 1.29 is 15.0 Å². The first-order valence-corrected chi connectivity index (χ1v) is 7.58. The second-order valence-corrected chi connectivity index (χ2v) is 7.21. The highest BCUT2D eigenvalue weighted by molar-refractivity contribution is 5.75. The second kappa shape index (κ2) is 7.99. The molecule has 4 nitrogen and oxygen atoms in total. The van der Waals surface area contributed by atoms with Crippen LogP contribution in [0.4, 0.5) is 0 Å². The summed E-state index contributed by atoms with van der Waals surface area (Å²) in [6, 6.07) is 0. The molecule has 0 aliphatic carbocycles. The number of aliphatic hydroxyl groups is 2. The number of rotatable bonds is 9. The van der Waals surface area contributed by atoms with E-state index in [-0.39, 0.29) is 42.3 Å². The van der Waals surface area contributed by atoms with E-state index in [0.29, 0.717) is 12.5 Å². The molecule has 0 fully saturated rings. The molecule has 0 rings (SSSR count). The quantitative estimate of drug-likeness (QED) is 0.609. The van der Waals surface area contributed by atoms with Crippen LogP contribution in [0.2, 0.25) is 0 Å². The first kappa shape index (κ1) is 19.4. The predicted octanol–water partition coefficient (Wildman–Crippen LogP) is 2.19. The van der Waals surface area contributed by atoms with Gasteiger partial charge in [0.2, 0.25) is 5.91 Å². The summed E-state index contributed by atoms with van der Waals surface area (Å²) >= 11 is 0. The molecule has 0 aromatic carbocycles. The van der Waals surface area contributed by atoms with E-state index in [1.165, 1.54) is 0 Å². The van der Waals surface area contributed by atoms with Crippen molar-refractivity contribution in [3.8, 4) is 0 Å². The summed E-state index contributed by atoms with van der Waals surface area (Å²) in [7, 11) is 0. The van der Waals surface area contributed by atoms with Gasteiger partial charge in [-0.1, -0.05) is 41.5 Å². The molecule has 3 N–H and O–H groups in total. The molecule has 4 heteroatoms. The molecule has 1 amide bonds. The molecule has 0 heterocycles. The van der Waals surface area contributed by atoms with Gasteiger partial charge in [-0.05, 0) is 29.1 Å². The molecule has 0 radical (unpaired) electrons. The fourth-order valence-electron chi connectivity index (χ4n) is 2.80. The van der Waals surface area contributed by atoms with Gasteiger partial charge in [-0.3, -0.25) is 4.79 Å². The molecule has 0 aromatic rings. The zero-order valence-electron chi connectivity index (χ0n) is 14.0. The number of hydrogen-bond donors (Lipinski definition) is 3. The first-order valence-electron chi connectivity index (χ1n) is 7.58. The van der Waals surface area contributed by atoms with Crippen LogP contribution in [0.5, 0.6) is 0 Å². The van der Waals surface area contributed by atoms with Crippen LogP contribution in [-0.4, -0.2) is 35.9 Å². The van der Waals surface area contributed by atoms with E-state index in [1.807, 2.05) is 0 Å². The first-order chi connectivity index (χ1) is 9.10. The summed E-state index contributed by atoms with van der Waals surface area (Å²) in [5, 5.41) is 21.2. The van der Waals surface area contributed by atoms with E-state index in [9.17, 15) is 9.90 Å². The van der Waals surface area contributed by atoms with Crippen LogP contribution in [0.1, 0.15) is 54.4 Å². The van der Waals surface area contributed by atoms with Gasteiger partial charge >= 0.3 is 0 Å². The minimum atomic E-state index is -0.110. The summed E-state index contributed by atoms with van der Waals surface area (Å²) in [6.07, 6.45) is 1.01. The summed E-state index contributed by atoms with van der Waals surface area (Å²) in [4.78, 5) is 11.4. The number of hydrogen-bond acceptors (Lipinski definition) is 3. The van der Waals surface area contributed by atoms with E-state index in [1.54, 1.807) is 0 Å². The fraction of sp³-hybridized carbons (Fsp3) is 0.938. The highest BCUT2D eigenvalue weighted by Gasteiger charge is 2.43. The summed E-state index contributed by atoms with van der Waals surface area (Å²) < 4.78 is 0. The highest BCUT2D eigenvalue weighted by Crippen LogP contribution is 2.48. The Kier molecular flexibility index (Phi) is 7.74. The lowest BCUT2D eigenvalue weighted by atomic mass is 9.57. The Morgan fingerprint density at radius 3 is 2.10 bits per heavy atom. The van der Waals surface area contributed by atoms with E-state index in [2.05, 4.69) is 46.9 Å². The normalized spacial score (nSPS) is 14.4. The number of amides is 1. The van der Waals surface area contributed by atoms with Gasteiger partial charge in [0.15, 0.2) is 0 Å². The van der Waals surface area contributed by atoms with Gasteiger partial charge in [0.1, 0.15) is 0 Å². The van der Waals surface area contributed by atoms with Crippen LogP contribution in [-0.2, 0) is 4.79 Å². The number of carbonyl (C=O) groups is 1. The van der Waals surface area contributed by atoms with Gasteiger partial charge in [0.05, 0.1) is 6.61 Å². The molecule has 20 heavy (non-hydrogen) atoms. The number of nitrogens with one attached hydrogen (secondary N) is 1. The van der Waals surface area contributed by atoms with Gasteiger partial charge in [-0.2, -0.15) is 0 Å². The van der Waals surface area contributed by atoms with Crippen molar-refractivity contribution in [2.45, 2.75) is 54.4 Å². The SMILES string of the molecule is CC(C)C(CO)C(C)(C)C(C)(C)CCNC(=O)CCO. The molecule has 1 unspecified atom stereocenters. The summed E-state index contributed by atoms with van der Waals surface area (Å²) in [5.41, 5.74) is -0.0330. The van der Waals surface area contributed by atoms with Crippen molar-refractivity contribution in [3.05, 3.63) is 0 Å². The van der Waals surface area contributed by atoms with Gasteiger partial charge in [0.25, 0.3) is 0 Å². The zero-order valence-corrected chi connectivity index (χ0v) is 14.0. The minimum absolute atomic E-state index is 0.00282. The van der Waals surface area contributed by atoms with Crippen molar-refractivity contribution >= 4 is 5.91 Å². The van der Waals surface area contributed by atoms with Crippen LogP contribution in [0, 0.1) is 22.7 Å². The van der Waals surface area contributed by atoms with Crippen molar-refractivity contribution in [1.29, 1.82) is 0 Å². The number of aliphatic hydroxyl groups excluding tert-OH is 2. The van der Waals surface area contributed by atoms with Gasteiger partial charge in [-0.15, -0.1) is 0 Å². The minimum Gasteiger partial charge on any atom is -0.396 e. The Bertz CT molecular complexity index is 298. The summed E-state index contributed by atoms with van der Waals surface area (Å²) in [6.45, 7) is 13.7. The molecule has 0 aliphatic rings. The maximum Gasteiger partial charge on any atom is 0.222 e. The monoisotopic (exact) mass is 287 g/mol. The van der Waals surface area contributed by atoms with Crippen molar-refractivity contribution in [1.82, 2.24) is 5.32 Å². The Morgan fingerprint density at radius 1 is 1.15 bits per heavy atom. The largest absolute Gasteiger partial charge is 0.396 e. The van der Waals surface area contributed by atoms with Gasteiger partial charge < -0.3 is 15.5 Å². The third kappa shape index (κ3) is 5.06. The Morgan fingerprint density at radius 2 is 1.70 bits per heavy atom. The maximum absolute atomic E-state index is 11.4. The maximum atomic E-state index is 11.4. The Labute approximate surface area is 124 Å². The van der Waals surface area contributed by atoms with E-state index in [4.69, 9.17) is 5.11 Å². The van der Waals surface area contributed by atoms with Crippen molar-refractivity contribution in [2.75, 3.05) is 19.8 Å². The van der Waals surface area contributed by atoms with Crippen LogP contribution < -0.4 is 5.32 Å². The van der Waals surface area contributed by atoms with Crippen molar-refractivity contribution in [2.24, 2.45) is 22.7 Å². The smallest absolute Gasteiger partial charge is 0.222 e. The topological polar surface area (TPSA) is 69.6 Å². The van der Waals surface area contributed by atoms with Crippen LogP contribution >= 0.6 is 0 Å². The predicted molar refractivity (Wildman–Crippen MR) is 82.3 cm³/mol. The van der Waals surface area contributed by atoms with Crippen LogP contribution in [0.25, 0.3) is 0 Å². The molecule has 0 aliphatic heterocycles. The molecule has 1 atom stereocenters. The van der Waals surface area contributed by atoms with E-state index in [0.717, 1.165) is 6.42 Å². The zero-order chi connectivity index (χ0) is 16.0. The molecule has 0 saturated heterocycles. The Hall–Kier alpha value is -0.610. The van der Waals surface area contributed by atoms with Crippen LogP contribution in [0.3, 0.4) is 0 Å². The Balaban J connectivity index is 4.64. The molecule has 0 saturated carbocycles. The fourth-order valence-corrected chi connectivity index (χ4v) is 2.80. The second-order valence-electron chi connectivity index (χ2n) is 7.21. The lowest BCUT2D eigenvalue weighted by Crippen LogP contribution is -2.44. The lowest BCUT2D eigenvalue weighted by molar-refractivity contribution is -0.122. The molecular weight excluding hydrogens is 254 g/mol. The third-order valence-corrected chi connectivity index (χ3v) is 5.08. The average Bonchev–Trinajstić information content (AvgIpc) is 2.28. The summed E-state index contributed by atoms with van der Waals surface area (Å²) in [5.74, 6) is 0.535. The van der Waals surface area contributed by atoms with Crippen LogP contribution in [0.15, 0.2) is 0 Å². The molecular formula is C16H33NO3.